The Hall–Kier alpha value is -0.000519. The SMILES string of the molecule is C=CC/C=C/[Se]C1CCCCC1. The van der Waals surface area contributed by atoms with Gasteiger partial charge in [-0.05, 0) is 0 Å². The fourth-order valence-corrected chi connectivity index (χ4v) is 3.72. The van der Waals surface area contributed by atoms with Gasteiger partial charge in [0.05, 0.1) is 0 Å². The van der Waals surface area contributed by atoms with Gasteiger partial charge >= 0.3 is 82.0 Å². The molecule has 12 heavy (non-hydrogen) atoms. The summed E-state index contributed by atoms with van der Waals surface area (Å²) in [6.07, 6.45) is 12.7. The summed E-state index contributed by atoms with van der Waals surface area (Å²) in [6, 6.07) is 0. The van der Waals surface area contributed by atoms with E-state index in [0.717, 1.165) is 26.2 Å². The van der Waals surface area contributed by atoms with E-state index in [1.54, 1.807) is 0 Å². The van der Waals surface area contributed by atoms with E-state index in [9.17, 15) is 0 Å². The second-order valence-corrected chi connectivity index (χ2v) is 5.83. The van der Waals surface area contributed by atoms with Crippen molar-refractivity contribution in [3.63, 3.8) is 0 Å². The topological polar surface area (TPSA) is 0 Å². The molecule has 0 N–H and O–H groups in total. The van der Waals surface area contributed by atoms with Gasteiger partial charge in [-0.15, -0.1) is 0 Å². The Morgan fingerprint density at radius 1 is 1.25 bits per heavy atom. The van der Waals surface area contributed by atoms with Crippen LogP contribution in [0.4, 0.5) is 0 Å². The molecule has 1 rings (SSSR count). The Morgan fingerprint density at radius 3 is 2.67 bits per heavy atom. The Bertz CT molecular complexity index is 143. The van der Waals surface area contributed by atoms with Gasteiger partial charge in [0.15, 0.2) is 0 Å². The molecule has 1 fully saturated rings. The van der Waals surface area contributed by atoms with Crippen molar-refractivity contribution in [2.75, 3.05) is 0 Å². The average molecular weight is 229 g/mol. The quantitative estimate of drug-likeness (QED) is 0.511. The van der Waals surface area contributed by atoms with Crippen molar-refractivity contribution in [1.82, 2.24) is 0 Å². The summed E-state index contributed by atoms with van der Waals surface area (Å²) >= 11 is 0.767. The molecule has 1 heteroatoms. The van der Waals surface area contributed by atoms with E-state index in [4.69, 9.17) is 0 Å². The molecule has 0 radical (unpaired) electrons. The molecule has 0 bridgehead atoms. The first kappa shape index (κ1) is 10.1. The molecule has 0 amide bonds. The van der Waals surface area contributed by atoms with Crippen LogP contribution in [-0.2, 0) is 0 Å². The molecule has 0 aromatic rings. The first-order valence-corrected chi connectivity index (χ1v) is 6.82. The van der Waals surface area contributed by atoms with Gasteiger partial charge < -0.3 is 0 Å². The molecular formula is C11H18Se. The van der Waals surface area contributed by atoms with Gasteiger partial charge in [-0.1, -0.05) is 0 Å². The molecule has 0 nitrogen and oxygen atoms in total. The number of hydrogen-bond donors (Lipinski definition) is 0. The third kappa shape index (κ3) is 4.13. The molecule has 0 spiro atoms. The first-order valence-electron chi connectivity index (χ1n) is 4.85. The second kappa shape index (κ2) is 6.51. The van der Waals surface area contributed by atoms with Crippen LogP contribution in [0.1, 0.15) is 38.5 Å². The Kier molecular flexibility index (Phi) is 5.47. The molecule has 0 aromatic heterocycles. The Balaban J connectivity index is 2.08. The summed E-state index contributed by atoms with van der Waals surface area (Å²) in [7, 11) is 0. The van der Waals surface area contributed by atoms with Crippen molar-refractivity contribution in [3.8, 4) is 0 Å². The molecule has 0 saturated heterocycles. The number of hydrogen-bond acceptors (Lipinski definition) is 0. The molecule has 0 heterocycles. The van der Waals surface area contributed by atoms with Crippen LogP contribution in [0.15, 0.2) is 23.7 Å². The van der Waals surface area contributed by atoms with Crippen molar-refractivity contribution < 1.29 is 0 Å². The third-order valence-electron chi connectivity index (χ3n) is 2.22. The Morgan fingerprint density at radius 2 is 2.00 bits per heavy atom. The van der Waals surface area contributed by atoms with Crippen LogP contribution in [0.25, 0.3) is 0 Å². The fourth-order valence-electron chi connectivity index (χ4n) is 1.52. The van der Waals surface area contributed by atoms with Crippen molar-refractivity contribution in [2.24, 2.45) is 0 Å². The molecule has 1 saturated carbocycles. The second-order valence-electron chi connectivity index (χ2n) is 3.29. The molecule has 68 valence electrons. The van der Waals surface area contributed by atoms with Crippen molar-refractivity contribution in [2.45, 2.75) is 43.3 Å². The van der Waals surface area contributed by atoms with E-state index >= 15 is 0 Å². The van der Waals surface area contributed by atoms with E-state index in [2.05, 4.69) is 17.6 Å². The van der Waals surface area contributed by atoms with Crippen LogP contribution >= 0.6 is 0 Å². The van der Waals surface area contributed by atoms with Crippen molar-refractivity contribution >= 4 is 15.0 Å². The van der Waals surface area contributed by atoms with E-state index in [0.29, 0.717) is 0 Å². The predicted octanol–water partition coefficient (Wildman–Crippen LogP) is 3.53. The zero-order valence-electron chi connectivity index (χ0n) is 7.67. The van der Waals surface area contributed by atoms with Gasteiger partial charge in [-0.3, -0.25) is 0 Å². The van der Waals surface area contributed by atoms with Gasteiger partial charge in [0.1, 0.15) is 0 Å². The molecular weight excluding hydrogens is 211 g/mol. The molecule has 0 aromatic carbocycles. The molecule has 1 aliphatic carbocycles. The standard InChI is InChI=1S/C11H18Se/c1-2-3-7-10-12-11-8-5-4-6-9-11/h2,7,10-11H,1,3-6,8-9H2/b10-7+. The monoisotopic (exact) mass is 230 g/mol. The van der Waals surface area contributed by atoms with Crippen LogP contribution in [0, 0.1) is 0 Å². The summed E-state index contributed by atoms with van der Waals surface area (Å²) in [5.41, 5.74) is 0. The van der Waals surface area contributed by atoms with Gasteiger partial charge in [0.25, 0.3) is 0 Å². The average Bonchev–Trinajstić information content (AvgIpc) is 2.14. The molecule has 0 atom stereocenters. The summed E-state index contributed by atoms with van der Waals surface area (Å²) in [4.78, 5) is 3.44. The van der Waals surface area contributed by atoms with Crippen LogP contribution in [-0.4, -0.2) is 15.0 Å². The van der Waals surface area contributed by atoms with Crippen LogP contribution in [0.3, 0.4) is 0 Å². The number of allylic oxidation sites excluding steroid dienone is 2. The molecule has 0 unspecified atom stereocenters. The molecule has 0 aliphatic heterocycles. The van der Waals surface area contributed by atoms with Gasteiger partial charge in [-0.25, -0.2) is 0 Å². The predicted molar refractivity (Wildman–Crippen MR) is 56.5 cm³/mol. The minimum atomic E-state index is 0.767. The summed E-state index contributed by atoms with van der Waals surface area (Å²) in [5.74, 6) is 0. The van der Waals surface area contributed by atoms with Gasteiger partial charge in [0, 0.05) is 0 Å². The first-order chi connectivity index (χ1) is 5.93. The summed E-state index contributed by atoms with van der Waals surface area (Å²) < 4.78 is 0. The van der Waals surface area contributed by atoms with Crippen LogP contribution in [0.5, 0.6) is 0 Å². The van der Waals surface area contributed by atoms with E-state index in [1.807, 2.05) is 6.08 Å². The summed E-state index contributed by atoms with van der Waals surface area (Å²) in [5, 5.41) is 0. The third-order valence-corrected chi connectivity index (χ3v) is 4.75. The van der Waals surface area contributed by atoms with Crippen molar-refractivity contribution in [1.29, 1.82) is 0 Å². The fraction of sp³-hybridized carbons (Fsp3) is 0.636. The Labute approximate surface area is 82.3 Å². The maximum absolute atomic E-state index is 3.70. The van der Waals surface area contributed by atoms with Crippen LogP contribution in [0.2, 0.25) is 4.82 Å². The summed E-state index contributed by atoms with van der Waals surface area (Å²) in [6.45, 7) is 3.70. The minimum absolute atomic E-state index is 0.767. The zero-order chi connectivity index (χ0) is 8.65. The van der Waals surface area contributed by atoms with E-state index in [1.165, 1.54) is 32.1 Å². The normalized spacial score (nSPS) is 20.0. The zero-order valence-corrected chi connectivity index (χ0v) is 9.38. The van der Waals surface area contributed by atoms with E-state index < -0.39 is 0 Å². The van der Waals surface area contributed by atoms with Crippen LogP contribution < -0.4 is 0 Å². The van der Waals surface area contributed by atoms with E-state index in [-0.39, 0.29) is 0 Å². The maximum atomic E-state index is 3.70. The van der Waals surface area contributed by atoms with Gasteiger partial charge in [-0.2, -0.15) is 0 Å². The van der Waals surface area contributed by atoms with Crippen molar-refractivity contribution in [3.05, 3.63) is 23.7 Å². The number of rotatable bonds is 4. The molecule has 1 aliphatic rings. The van der Waals surface area contributed by atoms with Gasteiger partial charge in [0.2, 0.25) is 0 Å².